The van der Waals surface area contributed by atoms with Gasteiger partial charge in [0.15, 0.2) is 0 Å². The van der Waals surface area contributed by atoms with Crippen molar-refractivity contribution >= 4 is 11.9 Å². The molecule has 0 N–H and O–H groups in total. The number of rotatable bonds is 19. The summed E-state index contributed by atoms with van der Waals surface area (Å²) in [6.07, 6.45) is 17.3. The van der Waals surface area contributed by atoms with E-state index in [9.17, 15) is 9.59 Å². The molecule has 0 spiro atoms. The van der Waals surface area contributed by atoms with Crippen LogP contribution in [0.3, 0.4) is 0 Å². The minimum atomic E-state index is -0.246. The zero-order valence-electron chi connectivity index (χ0n) is 20.6. The molecule has 0 heterocycles. The molecule has 0 atom stereocenters. The topological polar surface area (TPSA) is 61.8 Å². The normalized spacial score (nSPS) is 10.5. The molecule has 0 radical (unpaired) electrons. The van der Waals surface area contributed by atoms with E-state index in [1.54, 1.807) is 0 Å². The lowest BCUT2D eigenvalue weighted by atomic mass is 10.1. The Hall–Kier alpha value is -1.10. The van der Waals surface area contributed by atoms with Crippen LogP contribution in [-0.2, 0) is 23.8 Å². The molecular weight excluding hydrogens is 380 g/mol. The summed E-state index contributed by atoms with van der Waals surface area (Å²) in [4.78, 5) is 21.5. The largest absolute Gasteiger partial charge is 0.463 e. The number of hydrogen-bond donors (Lipinski definition) is 0. The molecule has 180 valence electrons. The summed E-state index contributed by atoms with van der Waals surface area (Å²) in [7, 11) is 0. The lowest BCUT2D eigenvalue weighted by Crippen LogP contribution is -2.10. The quantitative estimate of drug-likeness (QED) is 0.163. The maximum absolute atomic E-state index is 11.3. The molecule has 0 unspecified atom stereocenters. The average Bonchev–Trinajstić information content (AvgIpc) is 2.68. The van der Waals surface area contributed by atoms with E-state index in [0.29, 0.717) is 19.6 Å². The summed E-state index contributed by atoms with van der Waals surface area (Å²) in [5.41, 5.74) is 0. The van der Waals surface area contributed by atoms with Gasteiger partial charge in [0.25, 0.3) is 0 Å². The van der Waals surface area contributed by atoms with Gasteiger partial charge in [0.05, 0.1) is 12.7 Å². The fraction of sp³-hybridized carbons (Fsp3) is 0.920. The third kappa shape index (κ3) is 31.6. The lowest BCUT2D eigenvalue weighted by Gasteiger charge is -2.07. The lowest BCUT2D eigenvalue weighted by molar-refractivity contribution is -0.147. The number of carbonyl (C=O) groups is 2. The van der Waals surface area contributed by atoms with Gasteiger partial charge in [-0.05, 0) is 26.7 Å². The predicted octanol–water partition coefficient (Wildman–Crippen LogP) is 7.01. The Morgan fingerprint density at radius 2 is 1.17 bits per heavy atom. The van der Waals surface area contributed by atoms with Gasteiger partial charge < -0.3 is 14.2 Å². The molecule has 30 heavy (non-hydrogen) atoms. The van der Waals surface area contributed by atoms with Crippen LogP contribution in [0, 0.1) is 0 Å². The minimum absolute atomic E-state index is 0.0280. The van der Waals surface area contributed by atoms with Gasteiger partial charge >= 0.3 is 11.9 Å². The van der Waals surface area contributed by atoms with Gasteiger partial charge in [-0.25, -0.2) is 0 Å². The molecule has 0 saturated heterocycles. The smallest absolute Gasteiger partial charge is 0.306 e. The number of carbonyl (C=O) groups excluding carboxylic acids is 2. The molecule has 5 nitrogen and oxygen atoms in total. The standard InChI is InChI=1S/C17H34O2.C8H16O3/c1-4-5-6-7-8-9-10-11-12-13-14-15-17(18)19-16(2)3;1-3-4-5-10-6-7-11-8(2)9/h16H,4-15H2,1-3H3;3-7H2,1-2H3. The Morgan fingerprint density at radius 3 is 1.63 bits per heavy atom. The Balaban J connectivity index is 0. The first kappa shape index (κ1) is 31.1. The minimum Gasteiger partial charge on any atom is -0.463 e. The van der Waals surface area contributed by atoms with Crippen molar-refractivity contribution in [1.29, 1.82) is 0 Å². The Bertz CT molecular complexity index is 369. The number of hydrogen-bond acceptors (Lipinski definition) is 5. The molecule has 0 aromatic heterocycles. The van der Waals surface area contributed by atoms with Crippen molar-refractivity contribution in [1.82, 2.24) is 0 Å². The van der Waals surface area contributed by atoms with Crippen LogP contribution < -0.4 is 0 Å². The van der Waals surface area contributed by atoms with Crippen molar-refractivity contribution in [2.75, 3.05) is 19.8 Å². The van der Waals surface area contributed by atoms with Gasteiger partial charge in [-0.1, -0.05) is 84.5 Å². The summed E-state index contributed by atoms with van der Waals surface area (Å²) < 4.78 is 14.9. The van der Waals surface area contributed by atoms with E-state index in [1.807, 2.05) is 13.8 Å². The second kappa shape index (κ2) is 25.9. The summed E-state index contributed by atoms with van der Waals surface area (Å²) in [5.74, 6) is -0.282. The first-order chi connectivity index (χ1) is 14.4. The van der Waals surface area contributed by atoms with E-state index in [2.05, 4.69) is 18.6 Å². The highest BCUT2D eigenvalue weighted by atomic mass is 16.6. The highest BCUT2D eigenvalue weighted by molar-refractivity contribution is 5.69. The Labute approximate surface area is 186 Å². The Morgan fingerprint density at radius 1 is 0.667 bits per heavy atom. The summed E-state index contributed by atoms with van der Waals surface area (Å²) in [6.45, 7) is 11.2. The molecule has 0 aromatic carbocycles. The third-order valence-corrected chi connectivity index (χ3v) is 4.53. The monoisotopic (exact) mass is 430 g/mol. The number of unbranched alkanes of at least 4 members (excludes halogenated alkanes) is 11. The third-order valence-electron chi connectivity index (χ3n) is 4.53. The van der Waals surface area contributed by atoms with Crippen LogP contribution in [0.5, 0.6) is 0 Å². The SMILES string of the molecule is CCCCCCCCCCCCCC(=O)OC(C)C.CCCCOCCOC(C)=O. The molecule has 0 aliphatic rings. The zero-order valence-corrected chi connectivity index (χ0v) is 20.6. The van der Waals surface area contributed by atoms with Crippen LogP contribution in [0.2, 0.25) is 0 Å². The summed E-state index contributed by atoms with van der Waals surface area (Å²) in [5, 5.41) is 0. The maximum Gasteiger partial charge on any atom is 0.306 e. The molecular formula is C25H50O5. The van der Waals surface area contributed by atoms with Crippen molar-refractivity contribution in [2.24, 2.45) is 0 Å². The molecule has 0 aliphatic carbocycles. The van der Waals surface area contributed by atoms with Crippen molar-refractivity contribution in [2.45, 2.75) is 131 Å². The molecule has 0 rings (SSSR count). The van der Waals surface area contributed by atoms with Crippen LogP contribution >= 0.6 is 0 Å². The summed E-state index contributed by atoms with van der Waals surface area (Å²) >= 11 is 0. The highest BCUT2D eigenvalue weighted by Crippen LogP contribution is 2.12. The van der Waals surface area contributed by atoms with E-state index in [-0.39, 0.29) is 18.0 Å². The van der Waals surface area contributed by atoms with Crippen LogP contribution in [0.1, 0.15) is 125 Å². The molecule has 0 amide bonds. The second-order valence-corrected chi connectivity index (χ2v) is 8.13. The molecule has 5 heteroatoms. The average molecular weight is 431 g/mol. The van der Waals surface area contributed by atoms with E-state index in [4.69, 9.17) is 9.47 Å². The Kier molecular flexibility index (Phi) is 26.9. The van der Waals surface area contributed by atoms with E-state index in [0.717, 1.165) is 25.9 Å². The first-order valence-corrected chi connectivity index (χ1v) is 12.3. The fourth-order valence-corrected chi connectivity index (χ4v) is 2.85. The van der Waals surface area contributed by atoms with Gasteiger partial charge in [-0.2, -0.15) is 0 Å². The van der Waals surface area contributed by atoms with Crippen LogP contribution in [-0.4, -0.2) is 37.9 Å². The van der Waals surface area contributed by atoms with Crippen molar-refractivity contribution in [3.8, 4) is 0 Å². The molecule has 0 fully saturated rings. The van der Waals surface area contributed by atoms with Gasteiger partial charge in [-0.15, -0.1) is 0 Å². The number of ether oxygens (including phenoxy) is 3. The maximum atomic E-state index is 11.3. The van der Waals surface area contributed by atoms with Crippen LogP contribution in [0.25, 0.3) is 0 Å². The van der Waals surface area contributed by atoms with Gasteiger partial charge in [-0.3, -0.25) is 9.59 Å². The van der Waals surface area contributed by atoms with E-state index in [1.165, 1.54) is 71.1 Å². The van der Waals surface area contributed by atoms with E-state index < -0.39 is 0 Å². The molecule has 0 bridgehead atoms. The molecule has 0 aromatic rings. The first-order valence-electron chi connectivity index (χ1n) is 12.3. The van der Waals surface area contributed by atoms with Crippen molar-refractivity contribution < 1.29 is 23.8 Å². The van der Waals surface area contributed by atoms with Crippen molar-refractivity contribution in [3.05, 3.63) is 0 Å². The van der Waals surface area contributed by atoms with E-state index >= 15 is 0 Å². The highest BCUT2D eigenvalue weighted by Gasteiger charge is 2.04. The molecule has 0 aliphatic heterocycles. The fourth-order valence-electron chi connectivity index (χ4n) is 2.85. The van der Waals surface area contributed by atoms with Crippen molar-refractivity contribution in [3.63, 3.8) is 0 Å². The van der Waals surface area contributed by atoms with Crippen LogP contribution in [0.15, 0.2) is 0 Å². The van der Waals surface area contributed by atoms with Gasteiger partial charge in [0.1, 0.15) is 6.61 Å². The second-order valence-electron chi connectivity index (χ2n) is 8.13. The van der Waals surface area contributed by atoms with Gasteiger partial charge in [0, 0.05) is 20.0 Å². The summed E-state index contributed by atoms with van der Waals surface area (Å²) in [6, 6.07) is 0. The van der Waals surface area contributed by atoms with Gasteiger partial charge in [0.2, 0.25) is 0 Å². The van der Waals surface area contributed by atoms with Crippen LogP contribution in [0.4, 0.5) is 0 Å². The predicted molar refractivity (Wildman–Crippen MR) is 125 cm³/mol. The molecule has 0 saturated carbocycles. The zero-order chi connectivity index (χ0) is 22.9. The number of esters is 2.